The van der Waals surface area contributed by atoms with E-state index in [-0.39, 0.29) is 0 Å². The molecule has 0 saturated carbocycles. The van der Waals surface area contributed by atoms with Crippen molar-refractivity contribution in [2.75, 3.05) is 0 Å². The molecule has 0 aliphatic heterocycles. The van der Waals surface area contributed by atoms with Gasteiger partial charge in [0.05, 0.1) is 0 Å². The van der Waals surface area contributed by atoms with Gasteiger partial charge in [-0.3, -0.25) is 0 Å². The number of hydrogen-bond acceptors (Lipinski definition) is 2. The molecule has 0 spiro atoms. The fourth-order valence-corrected chi connectivity index (χ4v) is 0.440. The van der Waals surface area contributed by atoms with E-state index in [1.165, 1.54) is 6.92 Å². The first-order valence-electron chi connectivity index (χ1n) is 2.80. The molecular weight excluding hydrogens is 137 g/mol. The molecule has 0 aromatic rings. The highest BCUT2D eigenvalue weighted by molar-refractivity contribution is 5.64. The van der Waals surface area contributed by atoms with Crippen LogP contribution >= 0.6 is 0 Å². The molecule has 0 bridgehead atoms. The lowest BCUT2D eigenvalue weighted by molar-refractivity contribution is 0.0782. The molecule has 0 aromatic carbocycles. The fraction of sp³-hybridized carbons (Fsp3) is 0.500. The molecule has 2 atom stereocenters. The van der Waals surface area contributed by atoms with Gasteiger partial charge in [0.15, 0.2) is 6.17 Å². The van der Waals surface area contributed by atoms with Crippen LogP contribution in [-0.2, 0) is 4.74 Å². The van der Waals surface area contributed by atoms with Crippen LogP contribution in [0.15, 0.2) is 12.7 Å². The highest BCUT2D eigenvalue weighted by atomic mass is 19.1. The SMILES string of the molecule is C=CC(F)C(C)OC(N)=O. The molecule has 0 radical (unpaired) electrons. The summed E-state index contributed by atoms with van der Waals surface area (Å²) in [6, 6.07) is 0. The molecule has 0 fully saturated rings. The number of nitrogens with two attached hydrogens (primary N) is 1. The monoisotopic (exact) mass is 147 g/mol. The van der Waals surface area contributed by atoms with Crippen LogP contribution in [0.2, 0.25) is 0 Å². The summed E-state index contributed by atoms with van der Waals surface area (Å²) in [5, 5.41) is 0. The Morgan fingerprint density at radius 2 is 2.40 bits per heavy atom. The van der Waals surface area contributed by atoms with Crippen molar-refractivity contribution in [1.82, 2.24) is 0 Å². The second kappa shape index (κ2) is 3.87. The van der Waals surface area contributed by atoms with E-state index in [4.69, 9.17) is 0 Å². The first-order chi connectivity index (χ1) is 4.57. The van der Waals surface area contributed by atoms with Crippen LogP contribution in [0.5, 0.6) is 0 Å². The van der Waals surface area contributed by atoms with E-state index in [0.29, 0.717) is 0 Å². The van der Waals surface area contributed by atoms with Crippen molar-refractivity contribution in [3.8, 4) is 0 Å². The van der Waals surface area contributed by atoms with Gasteiger partial charge >= 0.3 is 6.09 Å². The topological polar surface area (TPSA) is 52.3 Å². The highest BCUT2D eigenvalue weighted by Crippen LogP contribution is 2.03. The minimum absolute atomic E-state index is 0.852. The molecule has 10 heavy (non-hydrogen) atoms. The lowest BCUT2D eigenvalue weighted by atomic mass is 10.2. The van der Waals surface area contributed by atoms with Crippen molar-refractivity contribution in [3.05, 3.63) is 12.7 Å². The third kappa shape index (κ3) is 3.06. The largest absolute Gasteiger partial charge is 0.443 e. The number of primary amides is 1. The van der Waals surface area contributed by atoms with Crippen LogP contribution in [0.4, 0.5) is 9.18 Å². The molecule has 4 heteroatoms. The van der Waals surface area contributed by atoms with Gasteiger partial charge in [-0.05, 0) is 6.92 Å². The number of rotatable bonds is 3. The zero-order valence-corrected chi connectivity index (χ0v) is 5.71. The van der Waals surface area contributed by atoms with Crippen molar-refractivity contribution < 1.29 is 13.9 Å². The summed E-state index contributed by atoms with van der Waals surface area (Å²) >= 11 is 0. The van der Waals surface area contributed by atoms with Gasteiger partial charge < -0.3 is 10.5 Å². The maximum atomic E-state index is 12.4. The number of halogens is 1. The molecule has 58 valence electrons. The lowest BCUT2D eigenvalue weighted by Gasteiger charge is -2.11. The second-order valence-electron chi connectivity index (χ2n) is 1.82. The van der Waals surface area contributed by atoms with Gasteiger partial charge in [-0.2, -0.15) is 0 Å². The Hall–Kier alpha value is -1.06. The third-order valence-electron chi connectivity index (χ3n) is 0.976. The first-order valence-corrected chi connectivity index (χ1v) is 2.80. The van der Waals surface area contributed by atoms with E-state index in [9.17, 15) is 9.18 Å². The minimum atomic E-state index is -1.35. The number of carbonyl (C=O) groups excluding carboxylic acids is 1. The standard InChI is InChI=1S/C6H10FNO2/c1-3-5(7)4(2)10-6(8)9/h3-5H,1H2,2H3,(H2,8,9). The molecule has 0 saturated heterocycles. The Morgan fingerprint density at radius 1 is 1.90 bits per heavy atom. The van der Waals surface area contributed by atoms with Crippen molar-refractivity contribution >= 4 is 6.09 Å². The number of ether oxygens (including phenoxy) is 1. The number of alkyl halides is 1. The van der Waals surface area contributed by atoms with Gasteiger partial charge in [-0.25, -0.2) is 9.18 Å². The normalized spacial score (nSPS) is 15.4. The molecule has 3 nitrogen and oxygen atoms in total. The van der Waals surface area contributed by atoms with E-state index in [2.05, 4.69) is 17.0 Å². The Kier molecular flexibility index (Phi) is 3.46. The maximum Gasteiger partial charge on any atom is 0.404 e. The Labute approximate surface area is 58.7 Å². The van der Waals surface area contributed by atoms with Crippen molar-refractivity contribution in [2.24, 2.45) is 5.73 Å². The zero-order valence-electron chi connectivity index (χ0n) is 5.71. The van der Waals surface area contributed by atoms with E-state index in [0.717, 1.165) is 6.08 Å². The lowest BCUT2D eigenvalue weighted by Crippen LogP contribution is -2.26. The number of carbonyl (C=O) groups is 1. The van der Waals surface area contributed by atoms with Crippen LogP contribution in [0.25, 0.3) is 0 Å². The summed E-state index contributed by atoms with van der Waals surface area (Å²) in [6.45, 7) is 4.58. The molecule has 0 aromatic heterocycles. The van der Waals surface area contributed by atoms with Gasteiger partial charge in [0, 0.05) is 0 Å². The summed E-state index contributed by atoms with van der Waals surface area (Å²) in [6.07, 6.45) is -2.13. The van der Waals surface area contributed by atoms with Crippen LogP contribution < -0.4 is 5.73 Å². The summed E-state index contributed by atoms with van der Waals surface area (Å²) in [7, 11) is 0. The van der Waals surface area contributed by atoms with E-state index >= 15 is 0 Å². The minimum Gasteiger partial charge on any atom is -0.443 e. The van der Waals surface area contributed by atoms with Crippen LogP contribution in [0.3, 0.4) is 0 Å². The summed E-state index contributed by atoms with van der Waals surface area (Å²) in [4.78, 5) is 10.0. The molecule has 0 rings (SSSR count). The van der Waals surface area contributed by atoms with Gasteiger partial charge in [-0.15, -0.1) is 6.58 Å². The average Bonchev–Trinajstić information content (AvgIpc) is 1.85. The molecule has 0 heterocycles. The quantitative estimate of drug-likeness (QED) is 0.605. The summed E-state index contributed by atoms with van der Waals surface area (Å²) in [5.41, 5.74) is 4.62. The van der Waals surface area contributed by atoms with Crippen LogP contribution in [0, 0.1) is 0 Å². The van der Waals surface area contributed by atoms with Gasteiger partial charge in [-0.1, -0.05) is 6.08 Å². The Morgan fingerprint density at radius 3 is 2.70 bits per heavy atom. The second-order valence-corrected chi connectivity index (χ2v) is 1.82. The van der Waals surface area contributed by atoms with Crippen LogP contribution in [0.1, 0.15) is 6.92 Å². The van der Waals surface area contributed by atoms with Crippen molar-refractivity contribution in [1.29, 1.82) is 0 Å². The predicted octanol–water partition coefficient (Wildman–Crippen LogP) is 0.994. The van der Waals surface area contributed by atoms with E-state index < -0.39 is 18.4 Å². The van der Waals surface area contributed by atoms with Gasteiger partial charge in [0.25, 0.3) is 0 Å². The number of hydrogen-bond donors (Lipinski definition) is 1. The summed E-state index contributed by atoms with van der Waals surface area (Å²) in [5.74, 6) is 0. The molecule has 0 aliphatic rings. The fourth-order valence-electron chi connectivity index (χ4n) is 0.440. The van der Waals surface area contributed by atoms with E-state index in [1.807, 2.05) is 0 Å². The Balaban J connectivity index is 3.71. The zero-order chi connectivity index (χ0) is 8.15. The highest BCUT2D eigenvalue weighted by Gasteiger charge is 2.14. The molecular formula is C6H10FNO2. The molecule has 2 N–H and O–H groups in total. The average molecular weight is 147 g/mol. The smallest absolute Gasteiger partial charge is 0.404 e. The Bertz CT molecular complexity index is 138. The third-order valence-corrected chi connectivity index (χ3v) is 0.976. The number of amides is 1. The predicted molar refractivity (Wildman–Crippen MR) is 35.2 cm³/mol. The van der Waals surface area contributed by atoms with Crippen LogP contribution in [-0.4, -0.2) is 18.4 Å². The molecule has 2 unspecified atom stereocenters. The van der Waals surface area contributed by atoms with Gasteiger partial charge in [0.2, 0.25) is 0 Å². The molecule has 0 aliphatic carbocycles. The molecule has 1 amide bonds. The maximum absolute atomic E-state index is 12.4. The summed E-state index contributed by atoms with van der Waals surface area (Å²) < 4.78 is 16.7. The van der Waals surface area contributed by atoms with Crippen molar-refractivity contribution in [2.45, 2.75) is 19.2 Å². The van der Waals surface area contributed by atoms with E-state index in [1.54, 1.807) is 0 Å². The van der Waals surface area contributed by atoms with Gasteiger partial charge in [0.1, 0.15) is 6.10 Å². The van der Waals surface area contributed by atoms with Crippen molar-refractivity contribution in [3.63, 3.8) is 0 Å². The first kappa shape index (κ1) is 8.94.